The number of rotatable bonds is 4. The topological polar surface area (TPSA) is 44.2 Å². The van der Waals surface area contributed by atoms with Gasteiger partial charge in [0.05, 0.1) is 11.2 Å². The molecule has 0 spiro atoms. The molecular formula is C18H16N2O2. The van der Waals surface area contributed by atoms with Crippen LogP contribution in [0.25, 0.3) is 10.9 Å². The number of benzene rings is 2. The SMILES string of the molecule is c1ccc2c(CCCc3ccc4c(c3)OCO4)ncnc2c1. The number of aromatic nitrogens is 2. The van der Waals surface area contributed by atoms with Gasteiger partial charge in [-0.1, -0.05) is 24.3 Å². The summed E-state index contributed by atoms with van der Waals surface area (Å²) in [7, 11) is 0. The fourth-order valence-corrected chi connectivity index (χ4v) is 2.82. The average Bonchev–Trinajstić information content (AvgIpc) is 3.03. The smallest absolute Gasteiger partial charge is 0.231 e. The van der Waals surface area contributed by atoms with Crippen LogP contribution in [0.1, 0.15) is 17.7 Å². The van der Waals surface area contributed by atoms with Gasteiger partial charge in [-0.25, -0.2) is 9.97 Å². The highest BCUT2D eigenvalue weighted by atomic mass is 16.7. The van der Waals surface area contributed by atoms with Crippen LogP contribution >= 0.6 is 0 Å². The lowest BCUT2D eigenvalue weighted by Gasteiger charge is -2.06. The maximum absolute atomic E-state index is 5.42. The van der Waals surface area contributed by atoms with Crippen LogP contribution in [-0.2, 0) is 12.8 Å². The fourth-order valence-electron chi connectivity index (χ4n) is 2.82. The highest BCUT2D eigenvalue weighted by Gasteiger charge is 2.13. The second kappa shape index (κ2) is 5.64. The highest BCUT2D eigenvalue weighted by Crippen LogP contribution is 2.32. The summed E-state index contributed by atoms with van der Waals surface area (Å²) in [5.74, 6) is 1.69. The van der Waals surface area contributed by atoms with Gasteiger partial charge in [0.1, 0.15) is 6.33 Å². The first-order valence-corrected chi connectivity index (χ1v) is 7.47. The van der Waals surface area contributed by atoms with Gasteiger partial charge in [0.25, 0.3) is 0 Å². The second-order valence-electron chi connectivity index (χ2n) is 5.38. The Labute approximate surface area is 128 Å². The number of ether oxygens (including phenoxy) is 2. The minimum Gasteiger partial charge on any atom is -0.454 e. The van der Waals surface area contributed by atoms with E-state index in [1.54, 1.807) is 6.33 Å². The van der Waals surface area contributed by atoms with E-state index in [0.29, 0.717) is 6.79 Å². The predicted molar refractivity (Wildman–Crippen MR) is 84.1 cm³/mol. The molecule has 0 unspecified atom stereocenters. The normalized spacial score (nSPS) is 12.7. The van der Waals surface area contributed by atoms with Gasteiger partial charge < -0.3 is 9.47 Å². The predicted octanol–water partition coefficient (Wildman–Crippen LogP) is 3.53. The van der Waals surface area contributed by atoms with Crippen LogP contribution in [0.4, 0.5) is 0 Å². The van der Waals surface area contributed by atoms with Crippen molar-refractivity contribution in [2.24, 2.45) is 0 Å². The molecule has 0 atom stereocenters. The minimum atomic E-state index is 0.325. The van der Waals surface area contributed by atoms with Gasteiger partial charge in [0.15, 0.2) is 11.5 Å². The zero-order chi connectivity index (χ0) is 14.8. The molecule has 0 amide bonds. The van der Waals surface area contributed by atoms with Gasteiger partial charge in [-0.3, -0.25) is 0 Å². The summed E-state index contributed by atoms with van der Waals surface area (Å²) < 4.78 is 10.8. The summed E-state index contributed by atoms with van der Waals surface area (Å²) in [6.07, 6.45) is 4.63. The largest absolute Gasteiger partial charge is 0.454 e. The van der Waals surface area contributed by atoms with Crippen molar-refractivity contribution in [2.45, 2.75) is 19.3 Å². The molecule has 0 saturated carbocycles. The monoisotopic (exact) mass is 292 g/mol. The molecule has 0 fully saturated rings. The van der Waals surface area contributed by atoms with Crippen LogP contribution in [0, 0.1) is 0 Å². The molecule has 4 rings (SSSR count). The summed E-state index contributed by atoms with van der Waals surface area (Å²) >= 11 is 0. The number of para-hydroxylation sites is 1. The molecule has 3 aromatic rings. The summed E-state index contributed by atoms with van der Waals surface area (Å²) in [6.45, 7) is 0.325. The molecule has 110 valence electrons. The molecule has 2 aromatic carbocycles. The number of aryl methyl sites for hydroxylation is 2. The molecular weight excluding hydrogens is 276 g/mol. The lowest BCUT2D eigenvalue weighted by Crippen LogP contribution is -1.96. The lowest BCUT2D eigenvalue weighted by atomic mass is 10.0. The van der Waals surface area contributed by atoms with Crippen molar-refractivity contribution in [3.05, 3.63) is 60.0 Å². The Kier molecular flexibility index (Phi) is 3.35. The van der Waals surface area contributed by atoms with E-state index in [-0.39, 0.29) is 0 Å². The first-order valence-electron chi connectivity index (χ1n) is 7.47. The van der Waals surface area contributed by atoms with Crippen LogP contribution < -0.4 is 9.47 Å². The highest BCUT2D eigenvalue weighted by molar-refractivity contribution is 5.80. The van der Waals surface area contributed by atoms with E-state index >= 15 is 0 Å². The Balaban J connectivity index is 1.46. The van der Waals surface area contributed by atoms with Crippen LogP contribution in [0.5, 0.6) is 11.5 Å². The van der Waals surface area contributed by atoms with E-state index in [2.05, 4.69) is 28.2 Å². The molecule has 22 heavy (non-hydrogen) atoms. The Morgan fingerprint density at radius 1 is 0.909 bits per heavy atom. The third-order valence-electron chi connectivity index (χ3n) is 3.94. The molecule has 1 aromatic heterocycles. The van der Waals surface area contributed by atoms with Crippen LogP contribution in [0.15, 0.2) is 48.8 Å². The standard InChI is InChI=1S/C18H16N2O2/c1-2-6-15-14(5-1)16(20-11-19-15)7-3-4-13-8-9-17-18(10-13)22-12-21-17/h1-2,5-6,8-11H,3-4,7,12H2. The van der Waals surface area contributed by atoms with Crippen molar-refractivity contribution >= 4 is 10.9 Å². The Hall–Kier alpha value is -2.62. The zero-order valence-corrected chi connectivity index (χ0v) is 12.2. The maximum Gasteiger partial charge on any atom is 0.231 e. The van der Waals surface area contributed by atoms with Crippen molar-refractivity contribution in [2.75, 3.05) is 6.79 Å². The average molecular weight is 292 g/mol. The molecule has 0 radical (unpaired) electrons. The van der Waals surface area contributed by atoms with Gasteiger partial charge in [-0.15, -0.1) is 0 Å². The van der Waals surface area contributed by atoms with Crippen LogP contribution in [-0.4, -0.2) is 16.8 Å². The molecule has 1 aliphatic heterocycles. The number of hydrogen-bond acceptors (Lipinski definition) is 4. The van der Waals surface area contributed by atoms with E-state index in [0.717, 1.165) is 47.4 Å². The zero-order valence-electron chi connectivity index (χ0n) is 12.2. The van der Waals surface area contributed by atoms with Crippen molar-refractivity contribution in [3.8, 4) is 11.5 Å². The summed E-state index contributed by atoms with van der Waals surface area (Å²) in [4.78, 5) is 8.75. The van der Waals surface area contributed by atoms with E-state index in [9.17, 15) is 0 Å². The summed E-state index contributed by atoms with van der Waals surface area (Å²) in [5, 5.41) is 1.15. The van der Waals surface area contributed by atoms with Crippen molar-refractivity contribution < 1.29 is 9.47 Å². The van der Waals surface area contributed by atoms with E-state index in [1.807, 2.05) is 24.3 Å². The minimum absolute atomic E-state index is 0.325. The quantitative estimate of drug-likeness (QED) is 0.738. The van der Waals surface area contributed by atoms with Gasteiger partial charge in [-0.05, 0) is 43.0 Å². The molecule has 2 heterocycles. The first-order chi connectivity index (χ1) is 10.9. The second-order valence-corrected chi connectivity index (χ2v) is 5.38. The molecule has 4 nitrogen and oxygen atoms in total. The first kappa shape index (κ1) is 13.1. The molecule has 1 aliphatic rings. The summed E-state index contributed by atoms with van der Waals surface area (Å²) in [6, 6.07) is 14.3. The summed E-state index contributed by atoms with van der Waals surface area (Å²) in [5.41, 5.74) is 3.39. The van der Waals surface area contributed by atoms with E-state index < -0.39 is 0 Å². The van der Waals surface area contributed by atoms with E-state index in [4.69, 9.17) is 9.47 Å². The lowest BCUT2D eigenvalue weighted by molar-refractivity contribution is 0.174. The van der Waals surface area contributed by atoms with Crippen molar-refractivity contribution in [1.82, 2.24) is 9.97 Å². The van der Waals surface area contributed by atoms with Crippen LogP contribution in [0.3, 0.4) is 0 Å². The Morgan fingerprint density at radius 2 is 1.82 bits per heavy atom. The van der Waals surface area contributed by atoms with Gasteiger partial charge in [0, 0.05) is 5.39 Å². The van der Waals surface area contributed by atoms with Crippen molar-refractivity contribution in [1.29, 1.82) is 0 Å². The van der Waals surface area contributed by atoms with Crippen LogP contribution in [0.2, 0.25) is 0 Å². The molecule has 0 N–H and O–H groups in total. The molecule has 0 aliphatic carbocycles. The number of fused-ring (bicyclic) bond motifs is 2. The Morgan fingerprint density at radius 3 is 2.82 bits per heavy atom. The van der Waals surface area contributed by atoms with Crippen molar-refractivity contribution in [3.63, 3.8) is 0 Å². The maximum atomic E-state index is 5.42. The number of hydrogen-bond donors (Lipinski definition) is 0. The van der Waals surface area contributed by atoms with E-state index in [1.165, 1.54) is 5.56 Å². The molecule has 0 bridgehead atoms. The molecule has 0 saturated heterocycles. The third-order valence-corrected chi connectivity index (χ3v) is 3.94. The molecule has 4 heteroatoms. The fraction of sp³-hybridized carbons (Fsp3) is 0.222. The van der Waals surface area contributed by atoms with Gasteiger partial charge >= 0.3 is 0 Å². The van der Waals surface area contributed by atoms with Gasteiger partial charge in [0.2, 0.25) is 6.79 Å². The third kappa shape index (κ3) is 2.48. The number of nitrogens with zero attached hydrogens (tertiary/aromatic N) is 2. The van der Waals surface area contributed by atoms with Gasteiger partial charge in [-0.2, -0.15) is 0 Å². The Bertz CT molecular complexity index is 812.